The van der Waals surface area contributed by atoms with Crippen molar-refractivity contribution in [2.75, 3.05) is 13.1 Å². The summed E-state index contributed by atoms with van der Waals surface area (Å²) in [5.41, 5.74) is 3.07. The monoisotopic (exact) mass is 323 g/mol. The van der Waals surface area contributed by atoms with Gasteiger partial charge in [-0.1, -0.05) is 37.3 Å². The van der Waals surface area contributed by atoms with Crippen molar-refractivity contribution >= 4 is 11.8 Å². The second-order valence-electron chi connectivity index (χ2n) is 5.91. The predicted octanol–water partition coefficient (Wildman–Crippen LogP) is 2.42. The zero-order chi connectivity index (χ0) is 16.9. The van der Waals surface area contributed by atoms with Crippen LogP contribution in [0.25, 0.3) is 0 Å². The van der Waals surface area contributed by atoms with Gasteiger partial charge in [-0.25, -0.2) is 4.98 Å². The molecule has 5 heteroatoms. The molecule has 0 fully saturated rings. The first-order chi connectivity index (χ1) is 11.7. The number of nitrogens with zero attached hydrogens (tertiary/aromatic N) is 2. The topological polar surface area (TPSA) is 62.3 Å². The van der Waals surface area contributed by atoms with E-state index in [1.807, 2.05) is 19.1 Å². The van der Waals surface area contributed by atoms with Gasteiger partial charge in [0, 0.05) is 19.6 Å². The highest BCUT2D eigenvalue weighted by Crippen LogP contribution is 2.19. The molecule has 0 unspecified atom stereocenters. The molecule has 0 spiro atoms. The number of benzene rings is 1. The van der Waals surface area contributed by atoms with Crippen LogP contribution >= 0.6 is 0 Å². The van der Waals surface area contributed by atoms with Crippen molar-refractivity contribution in [2.45, 2.75) is 26.3 Å². The van der Waals surface area contributed by atoms with Gasteiger partial charge in [0.05, 0.1) is 0 Å². The first kappa shape index (κ1) is 16.2. The summed E-state index contributed by atoms with van der Waals surface area (Å²) in [4.78, 5) is 30.8. The van der Waals surface area contributed by atoms with E-state index in [-0.39, 0.29) is 17.5 Å². The molecule has 1 aliphatic rings. The summed E-state index contributed by atoms with van der Waals surface area (Å²) < 4.78 is 0. The summed E-state index contributed by atoms with van der Waals surface area (Å²) in [6.45, 7) is 3.84. The fraction of sp³-hybridized carbons (Fsp3) is 0.316. The highest BCUT2D eigenvalue weighted by Gasteiger charge is 2.23. The van der Waals surface area contributed by atoms with Crippen molar-refractivity contribution in [3.63, 3.8) is 0 Å². The normalized spacial score (nSPS) is 13.3. The van der Waals surface area contributed by atoms with Gasteiger partial charge in [0.2, 0.25) is 0 Å². The molecule has 0 aliphatic carbocycles. The lowest BCUT2D eigenvalue weighted by Crippen LogP contribution is -2.36. The van der Waals surface area contributed by atoms with Gasteiger partial charge >= 0.3 is 0 Å². The molecular weight excluding hydrogens is 302 g/mol. The number of hydrogen-bond donors (Lipinski definition) is 1. The average Bonchev–Trinajstić information content (AvgIpc) is 2.65. The summed E-state index contributed by atoms with van der Waals surface area (Å²) in [6.07, 6.45) is 1.70. The highest BCUT2D eigenvalue weighted by molar-refractivity contribution is 5.96. The Hall–Kier alpha value is -2.69. The minimum atomic E-state index is -0.240. The van der Waals surface area contributed by atoms with E-state index >= 15 is 0 Å². The van der Waals surface area contributed by atoms with Gasteiger partial charge in [-0.15, -0.1) is 0 Å². The van der Waals surface area contributed by atoms with Gasteiger partial charge in [-0.05, 0) is 36.1 Å². The number of aromatic nitrogens is 1. The Bertz CT molecular complexity index is 758. The number of hydrogen-bond acceptors (Lipinski definition) is 3. The Morgan fingerprint density at radius 3 is 2.62 bits per heavy atom. The molecule has 2 amide bonds. The fourth-order valence-electron chi connectivity index (χ4n) is 2.84. The number of fused-ring (bicyclic) bond motifs is 1. The van der Waals surface area contributed by atoms with Crippen molar-refractivity contribution in [3.8, 4) is 0 Å². The van der Waals surface area contributed by atoms with Gasteiger partial charge in [-0.3, -0.25) is 9.59 Å². The SMILES string of the molecule is CCCNC(=O)c1cccc(C(=O)N2CCc3ccccc3C2)n1. The third-order valence-corrected chi connectivity index (χ3v) is 4.15. The summed E-state index contributed by atoms with van der Waals surface area (Å²) in [6, 6.07) is 13.2. The summed E-state index contributed by atoms with van der Waals surface area (Å²) >= 11 is 0. The largest absolute Gasteiger partial charge is 0.351 e. The molecule has 3 rings (SSSR count). The maximum absolute atomic E-state index is 12.7. The first-order valence-corrected chi connectivity index (χ1v) is 8.30. The van der Waals surface area contributed by atoms with Crippen LogP contribution in [0.15, 0.2) is 42.5 Å². The highest BCUT2D eigenvalue weighted by atomic mass is 16.2. The molecule has 1 aliphatic heterocycles. The standard InChI is InChI=1S/C19H21N3O2/c1-2-11-20-18(23)16-8-5-9-17(21-16)19(24)22-12-10-14-6-3-4-7-15(14)13-22/h3-9H,2,10-13H2,1H3,(H,20,23). The molecule has 1 aromatic carbocycles. The Morgan fingerprint density at radius 1 is 1.08 bits per heavy atom. The molecule has 1 N–H and O–H groups in total. The van der Waals surface area contributed by atoms with Crippen LogP contribution < -0.4 is 5.32 Å². The van der Waals surface area contributed by atoms with E-state index in [1.165, 1.54) is 11.1 Å². The van der Waals surface area contributed by atoms with Crippen LogP contribution in [0.2, 0.25) is 0 Å². The molecule has 1 aromatic heterocycles. The van der Waals surface area contributed by atoms with Crippen molar-refractivity contribution in [1.82, 2.24) is 15.2 Å². The van der Waals surface area contributed by atoms with Crippen molar-refractivity contribution in [2.24, 2.45) is 0 Å². The molecule has 24 heavy (non-hydrogen) atoms. The quantitative estimate of drug-likeness (QED) is 0.940. The van der Waals surface area contributed by atoms with Gasteiger partial charge in [0.1, 0.15) is 11.4 Å². The predicted molar refractivity (Wildman–Crippen MR) is 91.7 cm³/mol. The van der Waals surface area contributed by atoms with Crippen LogP contribution in [0.3, 0.4) is 0 Å². The third kappa shape index (κ3) is 3.45. The fourth-order valence-corrected chi connectivity index (χ4v) is 2.84. The number of carbonyl (C=O) groups is 2. The van der Waals surface area contributed by atoms with E-state index in [4.69, 9.17) is 0 Å². The molecule has 2 heterocycles. The van der Waals surface area contributed by atoms with Crippen molar-refractivity contribution < 1.29 is 9.59 Å². The van der Waals surface area contributed by atoms with Crippen LogP contribution in [0.4, 0.5) is 0 Å². The van der Waals surface area contributed by atoms with E-state index in [1.54, 1.807) is 23.1 Å². The van der Waals surface area contributed by atoms with E-state index in [9.17, 15) is 9.59 Å². The Morgan fingerprint density at radius 2 is 1.83 bits per heavy atom. The molecule has 0 bridgehead atoms. The number of carbonyl (C=O) groups excluding carboxylic acids is 2. The zero-order valence-corrected chi connectivity index (χ0v) is 13.8. The van der Waals surface area contributed by atoms with Crippen LogP contribution in [0, 0.1) is 0 Å². The minimum absolute atomic E-state index is 0.130. The van der Waals surface area contributed by atoms with Gasteiger partial charge in [0.25, 0.3) is 11.8 Å². The molecule has 0 saturated carbocycles. The van der Waals surface area contributed by atoms with E-state index in [0.29, 0.717) is 25.3 Å². The number of rotatable bonds is 4. The molecular formula is C19H21N3O2. The van der Waals surface area contributed by atoms with Gasteiger partial charge < -0.3 is 10.2 Å². The summed E-state index contributed by atoms with van der Waals surface area (Å²) in [7, 11) is 0. The molecule has 0 radical (unpaired) electrons. The number of amides is 2. The van der Waals surface area contributed by atoms with Crippen LogP contribution in [0.1, 0.15) is 45.4 Å². The third-order valence-electron chi connectivity index (χ3n) is 4.15. The number of nitrogens with one attached hydrogen (secondary N) is 1. The van der Waals surface area contributed by atoms with E-state index in [2.05, 4.69) is 22.4 Å². The van der Waals surface area contributed by atoms with E-state index in [0.717, 1.165) is 12.8 Å². The second-order valence-corrected chi connectivity index (χ2v) is 5.91. The lowest BCUT2D eigenvalue weighted by molar-refractivity contribution is 0.0728. The molecule has 5 nitrogen and oxygen atoms in total. The Balaban J connectivity index is 1.75. The molecule has 0 saturated heterocycles. The lowest BCUT2D eigenvalue weighted by atomic mass is 10.00. The lowest BCUT2D eigenvalue weighted by Gasteiger charge is -2.28. The van der Waals surface area contributed by atoms with Crippen molar-refractivity contribution in [3.05, 3.63) is 65.0 Å². The second kappa shape index (κ2) is 7.25. The van der Waals surface area contributed by atoms with E-state index < -0.39 is 0 Å². The first-order valence-electron chi connectivity index (χ1n) is 8.30. The van der Waals surface area contributed by atoms with Gasteiger partial charge in [0.15, 0.2) is 0 Å². The Labute approximate surface area is 141 Å². The number of pyridine rings is 1. The zero-order valence-electron chi connectivity index (χ0n) is 13.8. The summed E-state index contributed by atoms with van der Waals surface area (Å²) in [5.74, 6) is -0.370. The van der Waals surface area contributed by atoms with Crippen molar-refractivity contribution in [1.29, 1.82) is 0 Å². The molecule has 2 aromatic rings. The van der Waals surface area contributed by atoms with Gasteiger partial charge in [-0.2, -0.15) is 0 Å². The van der Waals surface area contributed by atoms with Crippen LogP contribution in [-0.2, 0) is 13.0 Å². The van der Waals surface area contributed by atoms with Crippen LogP contribution in [-0.4, -0.2) is 34.8 Å². The summed E-state index contributed by atoms with van der Waals surface area (Å²) in [5, 5.41) is 2.78. The Kier molecular flexibility index (Phi) is 4.89. The van der Waals surface area contributed by atoms with Crippen LogP contribution in [0.5, 0.6) is 0 Å². The molecule has 124 valence electrons. The molecule has 0 atom stereocenters. The maximum atomic E-state index is 12.7. The average molecular weight is 323 g/mol. The maximum Gasteiger partial charge on any atom is 0.272 e. The smallest absolute Gasteiger partial charge is 0.272 e. The minimum Gasteiger partial charge on any atom is -0.351 e.